The molecule has 0 aliphatic heterocycles. The lowest BCUT2D eigenvalue weighted by atomic mass is 10.2. The van der Waals surface area contributed by atoms with E-state index in [1.54, 1.807) is 18.3 Å². The predicted octanol–water partition coefficient (Wildman–Crippen LogP) is 4.00. The fraction of sp³-hybridized carbons (Fsp3) is 0.211. The van der Waals surface area contributed by atoms with Gasteiger partial charge in [0.25, 0.3) is 0 Å². The molecule has 23 heavy (non-hydrogen) atoms. The van der Waals surface area contributed by atoms with Gasteiger partial charge in [-0.2, -0.15) is 0 Å². The van der Waals surface area contributed by atoms with Gasteiger partial charge in [-0.25, -0.2) is 9.37 Å². The molecule has 2 heterocycles. The van der Waals surface area contributed by atoms with Gasteiger partial charge in [0.15, 0.2) is 0 Å². The molecule has 0 bridgehead atoms. The first-order valence-electron chi connectivity index (χ1n) is 7.37. The Morgan fingerprint density at radius 3 is 2.65 bits per heavy atom. The maximum Gasteiger partial charge on any atom is 0.238 e. The number of halogens is 1. The first kappa shape index (κ1) is 15.1. The summed E-state index contributed by atoms with van der Waals surface area (Å²) in [6.07, 6.45) is 7.22. The summed E-state index contributed by atoms with van der Waals surface area (Å²) >= 11 is 0. The Hall–Kier alpha value is -2.80. The maximum atomic E-state index is 13.0. The molecule has 0 unspecified atom stereocenters. The molecule has 2 aromatic heterocycles. The van der Waals surface area contributed by atoms with E-state index in [9.17, 15) is 4.39 Å². The van der Waals surface area contributed by atoms with Crippen LogP contribution in [0.4, 0.5) is 4.39 Å². The van der Waals surface area contributed by atoms with E-state index >= 15 is 0 Å². The average molecular weight is 308 g/mol. The van der Waals surface area contributed by atoms with E-state index in [4.69, 9.17) is 11.2 Å². The molecular formula is C19H17FN2O. The fourth-order valence-electron chi connectivity index (χ4n) is 2.69. The third kappa shape index (κ3) is 2.78. The summed E-state index contributed by atoms with van der Waals surface area (Å²) in [5, 5.41) is 1.09. The van der Waals surface area contributed by atoms with Crippen LogP contribution in [0, 0.1) is 32.0 Å². The number of fused-ring (bicyclic) bond motifs is 1. The number of terminal acetylenes is 1. The van der Waals surface area contributed by atoms with Crippen molar-refractivity contribution in [2.75, 3.05) is 0 Å². The fourth-order valence-corrected chi connectivity index (χ4v) is 2.69. The van der Waals surface area contributed by atoms with Crippen LogP contribution in [0.1, 0.15) is 16.8 Å². The summed E-state index contributed by atoms with van der Waals surface area (Å²) in [7, 11) is 0. The van der Waals surface area contributed by atoms with Crippen LogP contribution in [0.5, 0.6) is 5.88 Å². The zero-order valence-corrected chi connectivity index (χ0v) is 13.1. The van der Waals surface area contributed by atoms with E-state index in [0.717, 1.165) is 22.2 Å². The van der Waals surface area contributed by atoms with Gasteiger partial charge in [-0.3, -0.25) is 0 Å². The van der Waals surface area contributed by atoms with E-state index in [2.05, 4.69) is 17.8 Å². The molecular weight excluding hydrogens is 291 g/mol. The third-order valence-corrected chi connectivity index (χ3v) is 4.05. The summed E-state index contributed by atoms with van der Waals surface area (Å²) in [6, 6.07) is 8.21. The first-order valence-corrected chi connectivity index (χ1v) is 7.37. The van der Waals surface area contributed by atoms with Crippen LogP contribution in [0.3, 0.4) is 0 Å². The monoisotopic (exact) mass is 308 g/mol. The number of hydrogen-bond donors (Lipinski definition) is 0. The van der Waals surface area contributed by atoms with Crippen molar-refractivity contribution >= 4 is 10.9 Å². The highest BCUT2D eigenvalue weighted by Crippen LogP contribution is 2.31. The minimum absolute atomic E-state index is 0.261. The molecule has 0 saturated carbocycles. The van der Waals surface area contributed by atoms with Crippen molar-refractivity contribution in [1.29, 1.82) is 0 Å². The molecule has 4 heteroatoms. The van der Waals surface area contributed by atoms with Gasteiger partial charge in [0.1, 0.15) is 17.9 Å². The Morgan fingerprint density at radius 2 is 1.96 bits per heavy atom. The Bertz CT molecular complexity index is 888. The summed E-state index contributed by atoms with van der Waals surface area (Å²) < 4.78 is 20.9. The molecule has 116 valence electrons. The van der Waals surface area contributed by atoms with E-state index in [1.165, 1.54) is 17.7 Å². The molecule has 0 fully saturated rings. The maximum absolute atomic E-state index is 13.0. The number of nitrogens with zero attached hydrogens (tertiary/aromatic N) is 2. The van der Waals surface area contributed by atoms with Crippen LogP contribution in [0.25, 0.3) is 10.9 Å². The van der Waals surface area contributed by atoms with Gasteiger partial charge in [0, 0.05) is 17.3 Å². The second-order valence-electron chi connectivity index (χ2n) is 5.43. The predicted molar refractivity (Wildman–Crippen MR) is 88.8 cm³/mol. The molecule has 0 radical (unpaired) electrons. The van der Waals surface area contributed by atoms with Gasteiger partial charge >= 0.3 is 0 Å². The first-order chi connectivity index (χ1) is 11.1. The highest BCUT2D eigenvalue weighted by Gasteiger charge is 2.15. The number of benzene rings is 1. The number of aromatic nitrogens is 2. The van der Waals surface area contributed by atoms with Crippen LogP contribution in [0.2, 0.25) is 0 Å². The number of rotatable bonds is 4. The van der Waals surface area contributed by atoms with E-state index in [-0.39, 0.29) is 5.82 Å². The molecule has 0 aliphatic rings. The Morgan fingerprint density at radius 1 is 1.22 bits per heavy atom. The summed E-state index contributed by atoms with van der Waals surface area (Å²) in [4.78, 5) is 4.35. The molecule has 0 amide bonds. The zero-order valence-electron chi connectivity index (χ0n) is 13.1. The SMILES string of the molecule is C#CCn1c(C)c(C)c2ccnc(OCc3ccc(F)cc3)c21. The molecule has 0 atom stereocenters. The van der Waals surface area contributed by atoms with Crippen LogP contribution in [0.15, 0.2) is 36.5 Å². The molecule has 3 rings (SSSR count). The standard InChI is InChI=1S/C19H17FN2O/c1-4-11-22-14(3)13(2)17-9-10-21-19(18(17)22)23-12-15-5-7-16(20)8-6-15/h1,5-10H,11-12H2,2-3H3. The minimum atomic E-state index is -0.261. The number of hydrogen-bond acceptors (Lipinski definition) is 2. The summed E-state index contributed by atoms with van der Waals surface area (Å²) in [6.45, 7) is 4.89. The Kier molecular flexibility index (Phi) is 4.03. The van der Waals surface area contributed by atoms with Gasteiger partial charge in [-0.15, -0.1) is 6.42 Å². The van der Waals surface area contributed by atoms with Crippen LogP contribution in [-0.2, 0) is 13.2 Å². The molecule has 0 saturated heterocycles. The Balaban J connectivity index is 1.99. The van der Waals surface area contributed by atoms with E-state index < -0.39 is 0 Å². The number of pyridine rings is 1. The van der Waals surface area contributed by atoms with Crippen molar-refractivity contribution in [2.45, 2.75) is 27.0 Å². The van der Waals surface area contributed by atoms with Crippen LogP contribution < -0.4 is 4.74 Å². The van der Waals surface area contributed by atoms with Gasteiger partial charge in [-0.05, 0) is 43.2 Å². The lowest BCUT2D eigenvalue weighted by molar-refractivity contribution is 0.296. The van der Waals surface area contributed by atoms with E-state index in [0.29, 0.717) is 19.0 Å². The van der Waals surface area contributed by atoms with Gasteiger partial charge in [0.05, 0.1) is 6.54 Å². The number of aryl methyl sites for hydroxylation is 1. The lowest BCUT2D eigenvalue weighted by Crippen LogP contribution is -2.03. The highest BCUT2D eigenvalue weighted by molar-refractivity contribution is 5.88. The second kappa shape index (κ2) is 6.13. The summed E-state index contributed by atoms with van der Waals surface area (Å²) in [5.41, 5.74) is 4.07. The van der Waals surface area contributed by atoms with Crippen molar-refractivity contribution in [3.63, 3.8) is 0 Å². The van der Waals surface area contributed by atoms with Crippen molar-refractivity contribution in [3.05, 3.63) is 59.2 Å². The zero-order chi connectivity index (χ0) is 16.4. The van der Waals surface area contributed by atoms with Crippen molar-refractivity contribution in [2.24, 2.45) is 0 Å². The average Bonchev–Trinajstić information content (AvgIpc) is 2.80. The van der Waals surface area contributed by atoms with Gasteiger partial charge in [-0.1, -0.05) is 18.1 Å². The largest absolute Gasteiger partial charge is 0.471 e. The molecule has 1 aromatic carbocycles. The van der Waals surface area contributed by atoms with Crippen molar-refractivity contribution in [3.8, 4) is 18.2 Å². The molecule has 3 nitrogen and oxygen atoms in total. The third-order valence-electron chi connectivity index (χ3n) is 4.05. The smallest absolute Gasteiger partial charge is 0.238 e. The quantitative estimate of drug-likeness (QED) is 0.681. The Labute approximate surface area is 134 Å². The minimum Gasteiger partial charge on any atom is -0.471 e. The molecule has 0 N–H and O–H groups in total. The normalized spacial score (nSPS) is 10.7. The van der Waals surface area contributed by atoms with Crippen molar-refractivity contribution in [1.82, 2.24) is 9.55 Å². The molecule has 0 spiro atoms. The summed E-state index contributed by atoms with van der Waals surface area (Å²) in [5.74, 6) is 2.95. The highest BCUT2D eigenvalue weighted by atomic mass is 19.1. The van der Waals surface area contributed by atoms with Gasteiger partial charge < -0.3 is 9.30 Å². The topological polar surface area (TPSA) is 27.1 Å². The van der Waals surface area contributed by atoms with Crippen molar-refractivity contribution < 1.29 is 9.13 Å². The van der Waals surface area contributed by atoms with Crippen LogP contribution in [-0.4, -0.2) is 9.55 Å². The van der Waals surface area contributed by atoms with E-state index in [1.807, 2.05) is 17.6 Å². The number of ether oxygens (including phenoxy) is 1. The lowest BCUT2D eigenvalue weighted by Gasteiger charge is -2.10. The molecule has 3 aromatic rings. The second-order valence-corrected chi connectivity index (χ2v) is 5.43. The van der Waals surface area contributed by atoms with Gasteiger partial charge in [0.2, 0.25) is 5.88 Å². The van der Waals surface area contributed by atoms with Crippen LogP contribution >= 0.6 is 0 Å². The molecule has 0 aliphatic carbocycles.